The van der Waals surface area contributed by atoms with E-state index in [0.29, 0.717) is 28.6 Å². The second-order valence-electron chi connectivity index (χ2n) is 4.96. The van der Waals surface area contributed by atoms with Crippen molar-refractivity contribution in [2.75, 3.05) is 0 Å². The number of phenols is 2. The molecule has 0 aliphatic rings. The molecule has 24 heavy (non-hydrogen) atoms. The summed E-state index contributed by atoms with van der Waals surface area (Å²) >= 11 is 0. The Hall–Kier alpha value is -3.65. The largest absolute Gasteiger partial charge is 0.508 e. The molecule has 0 spiro atoms. The molecular formula is C19H13NO4. The zero-order chi connectivity index (χ0) is 16.9. The average molecular weight is 319 g/mol. The van der Waals surface area contributed by atoms with Gasteiger partial charge < -0.3 is 19.7 Å². The van der Waals surface area contributed by atoms with Gasteiger partial charge in [-0.2, -0.15) is 5.26 Å². The van der Waals surface area contributed by atoms with Crippen LogP contribution in [0.2, 0.25) is 0 Å². The molecule has 0 saturated heterocycles. The first kappa shape index (κ1) is 15.3. The van der Waals surface area contributed by atoms with E-state index >= 15 is 0 Å². The number of nitrogens with zero attached hydrogens (tertiary/aromatic N) is 1. The third-order valence-electron chi connectivity index (χ3n) is 3.21. The van der Waals surface area contributed by atoms with Crippen LogP contribution in [0.25, 0.3) is 0 Å². The lowest BCUT2D eigenvalue weighted by Crippen LogP contribution is -1.90. The standard InChI is InChI=1S/C19H13NO4/c20-12-13-1-6-18(23-16-7-2-14(21)3-8-16)11-19(13)24-17-9-4-15(22)5-10-17/h1-11,21-22H. The molecule has 0 aromatic heterocycles. The van der Waals surface area contributed by atoms with Crippen molar-refractivity contribution < 1.29 is 19.7 Å². The smallest absolute Gasteiger partial charge is 0.148 e. The SMILES string of the molecule is N#Cc1ccc(Oc2ccc(O)cc2)cc1Oc1ccc(O)cc1. The summed E-state index contributed by atoms with van der Waals surface area (Å²) in [5.41, 5.74) is 0.362. The summed E-state index contributed by atoms with van der Waals surface area (Å²) < 4.78 is 11.4. The maximum absolute atomic E-state index is 9.31. The van der Waals surface area contributed by atoms with E-state index in [1.54, 1.807) is 42.5 Å². The normalized spacial score (nSPS) is 9.96. The Bertz CT molecular complexity index is 881. The van der Waals surface area contributed by atoms with Crippen molar-refractivity contribution in [3.05, 3.63) is 72.3 Å². The van der Waals surface area contributed by atoms with Gasteiger partial charge in [-0.3, -0.25) is 0 Å². The number of rotatable bonds is 4. The first-order valence-electron chi connectivity index (χ1n) is 7.12. The van der Waals surface area contributed by atoms with Crippen molar-refractivity contribution in [2.45, 2.75) is 0 Å². The van der Waals surface area contributed by atoms with Crippen molar-refractivity contribution in [3.8, 4) is 40.6 Å². The van der Waals surface area contributed by atoms with Gasteiger partial charge in [0.25, 0.3) is 0 Å². The summed E-state index contributed by atoms with van der Waals surface area (Å²) in [6.45, 7) is 0. The summed E-state index contributed by atoms with van der Waals surface area (Å²) in [5.74, 6) is 2.16. The lowest BCUT2D eigenvalue weighted by atomic mass is 10.2. The highest BCUT2D eigenvalue weighted by molar-refractivity contribution is 5.50. The first-order chi connectivity index (χ1) is 11.6. The van der Waals surface area contributed by atoms with E-state index in [-0.39, 0.29) is 11.5 Å². The molecule has 118 valence electrons. The lowest BCUT2D eigenvalue weighted by Gasteiger charge is -2.11. The number of aromatic hydroxyl groups is 2. The first-order valence-corrected chi connectivity index (χ1v) is 7.12. The van der Waals surface area contributed by atoms with Gasteiger partial charge in [0.15, 0.2) is 0 Å². The molecular weight excluding hydrogens is 306 g/mol. The van der Waals surface area contributed by atoms with Crippen molar-refractivity contribution in [3.63, 3.8) is 0 Å². The van der Waals surface area contributed by atoms with Gasteiger partial charge in [-0.1, -0.05) is 0 Å². The van der Waals surface area contributed by atoms with Crippen LogP contribution >= 0.6 is 0 Å². The van der Waals surface area contributed by atoms with Gasteiger partial charge >= 0.3 is 0 Å². The molecule has 3 rings (SSSR count). The maximum Gasteiger partial charge on any atom is 0.148 e. The number of benzene rings is 3. The molecule has 3 aromatic rings. The Labute approximate surface area is 138 Å². The van der Waals surface area contributed by atoms with Crippen LogP contribution in [0.1, 0.15) is 5.56 Å². The lowest BCUT2D eigenvalue weighted by molar-refractivity contribution is 0.451. The van der Waals surface area contributed by atoms with E-state index in [1.165, 1.54) is 24.3 Å². The molecule has 0 atom stereocenters. The molecule has 0 saturated carbocycles. The summed E-state index contributed by atoms with van der Waals surface area (Å²) in [4.78, 5) is 0. The monoisotopic (exact) mass is 319 g/mol. The molecule has 0 amide bonds. The van der Waals surface area contributed by atoms with Crippen molar-refractivity contribution in [1.29, 1.82) is 5.26 Å². The zero-order valence-corrected chi connectivity index (χ0v) is 12.5. The summed E-state index contributed by atoms with van der Waals surface area (Å²) in [5, 5.41) is 27.8. The summed E-state index contributed by atoms with van der Waals surface area (Å²) in [6, 6.07) is 19.4. The number of phenolic OH excluding ortho intramolecular Hbond substituents is 2. The highest BCUT2D eigenvalue weighted by Crippen LogP contribution is 2.32. The quantitative estimate of drug-likeness (QED) is 0.737. The molecule has 0 fully saturated rings. The number of hydrogen-bond donors (Lipinski definition) is 2. The third-order valence-corrected chi connectivity index (χ3v) is 3.21. The predicted molar refractivity (Wildman–Crippen MR) is 87.5 cm³/mol. The molecule has 5 heteroatoms. The minimum Gasteiger partial charge on any atom is -0.508 e. The van der Waals surface area contributed by atoms with Gasteiger partial charge in [-0.15, -0.1) is 0 Å². The second-order valence-corrected chi connectivity index (χ2v) is 4.96. The van der Waals surface area contributed by atoms with Crippen LogP contribution in [0, 0.1) is 11.3 Å². The third kappa shape index (κ3) is 3.57. The van der Waals surface area contributed by atoms with Crippen LogP contribution in [-0.2, 0) is 0 Å². The van der Waals surface area contributed by atoms with Crippen LogP contribution < -0.4 is 9.47 Å². The van der Waals surface area contributed by atoms with Crippen molar-refractivity contribution >= 4 is 0 Å². The van der Waals surface area contributed by atoms with Crippen LogP contribution in [0.15, 0.2) is 66.7 Å². The number of hydrogen-bond acceptors (Lipinski definition) is 5. The Kier molecular flexibility index (Phi) is 4.21. The molecule has 0 radical (unpaired) electrons. The van der Waals surface area contributed by atoms with Gasteiger partial charge in [0.1, 0.15) is 40.6 Å². The summed E-state index contributed by atoms with van der Waals surface area (Å²) in [7, 11) is 0. The van der Waals surface area contributed by atoms with E-state index < -0.39 is 0 Å². The second kappa shape index (κ2) is 6.63. The molecule has 0 heterocycles. The summed E-state index contributed by atoms with van der Waals surface area (Å²) in [6.07, 6.45) is 0. The van der Waals surface area contributed by atoms with Crippen LogP contribution in [0.5, 0.6) is 34.5 Å². The molecule has 2 N–H and O–H groups in total. The average Bonchev–Trinajstić information content (AvgIpc) is 2.59. The minimum absolute atomic E-state index is 0.132. The van der Waals surface area contributed by atoms with Gasteiger partial charge in [0.2, 0.25) is 0 Å². The van der Waals surface area contributed by atoms with E-state index in [2.05, 4.69) is 6.07 Å². The zero-order valence-electron chi connectivity index (χ0n) is 12.5. The molecule has 5 nitrogen and oxygen atoms in total. The van der Waals surface area contributed by atoms with E-state index in [4.69, 9.17) is 9.47 Å². The van der Waals surface area contributed by atoms with E-state index in [9.17, 15) is 15.5 Å². The molecule has 0 unspecified atom stereocenters. The molecule has 0 bridgehead atoms. The highest BCUT2D eigenvalue weighted by atomic mass is 16.5. The molecule has 0 aliphatic heterocycles. The van der Waals surface area contributed by atoms with Crippen LogP contribution in [0.3, 0.4) is 0 Å². The highest BCUT2D eigenvalue weighted by Gasteiger charge is 2.08. The fourth-order valence-corrected chi connectivity index (χ4v) is 2.03. The fourth-order valence-electron chi connectivity index (χ4n) is 2.03. The topological polar surface area (TPSA) is 82.7 Å². The predicted octanol–water partition coefficient (Wildman–Crippen LogP) is 4.55. The Morgan fingerprint density at radius 3 is 1.71 bits per heavy atom. The van der Waals surface area contributed by atoms with Crippen LogP contribution in [-0.4, -0.2) is 10.2 Å². The van der Waals surface area contributed by atoms with Crippen LogP contribution in [0.4, 0.5) is 0 Å². The Morgan fingerprint density at radius 1 is 0.667 bits per heavy atom. The van der Waals surface area contributed by atoms with E-state index in [1.807, 2.05) is 0 Å². The molecule has 0 aliphatic carbocycles. The van der Waals surface area contributed by atoms with Crippen molar-refractivity contribution in [2.24, 2.45) is 0 Å². The van der Waals surface area contributed by atoms with Gasteiger partial charge in [0.05, 0.1) is 5.56 Å². The Morgan fingerprint density at radius 2 is 1.17 bits per heavy atom. The Balaban J connectivity index is 1.86. The van der Waals surface area contributed by atoms with Gasteiger partial charge in [-0.25, -0.2) is 0 Å². The van der Waals surface area contributed by atoms with Gasteiger partial charge in [0, 0.05) is 6.07 Å². The number of ether oxygens (including phenoxy) is 2. The van der Waals surface area contributed by atoms with E-state index in [0.717, 1.165) is 0 Å². The minimum atomic E-state index is 0.132. The maximum atomic E-state index is 9.31. The molecule has 3 aromatic carbocycles. The van der Waals surface area contributed by atoms with Gasteiger partial charge in [-0.05, 0) is 60.7 Å². The van der Waals surface area contributed by atoms with Crippen molar-refractivity contribution in [1.82, 2.24) is 0 Å². The number of nitriles is 1. The fraction of sp³-hybridized carbons (Fsp3) is 0.